The van der Waals surface area contributed by atoms with Gasteiger partial charge in [-0.25, -0.2) is 0 Å². The van der Waals surface area contributed by atoms with Crippen molar-refractivity contribution in [2.24, 2.45) is 0 Å². The van der Waals surface area contributed by atoms with Gasteiger partial charge in [0.05, 0.1) is 0 Å². The van der Waals surface area contributed by atoms with E-state index in [9.17, 15) is 0 Å². The fraction of sp³-hybridized carbons (Fsp3) is 0.500. The average molecular weight is 229 g/mol. The first kappa shape index (κ1) is 7.39. The van der Waals surface area contributed by atoms with E-state index in [1.54, 1.807) is 3.59 Å². The summed E-state index contributed by atoms with van der Waals surface area (Å²) in [7, 11) is 0. The van der Waals surface area contributed by atoms with Crippen molar-refractivity contribution < 1.29 is 0 Å². The first-order valence-electron chi connectivity index (χ1n) is 3.48. The van der Waals surface area contributed by atoms with Gasteiger partial charge in [-0.3, -0.25) is 0 Å². The van der Waals surface area contributed by atoms with Crippen molar-refractivity contribution in [3.05, 3.63) is 21.8 Å². The van der Waals surface area contributed by atoms with Gasteiger partial charge in [-0.2, -0.15) is 0 Å². The summed E-state index contributed by atoms with van der Waals surface area (Å²) >= 11 is -1.62. The van der Waals surface area contributed by atoms with Crippen molar-refractivity contribution in [3.63, 3.8) is 0 Å². The van der Waals surface area contributed by atoms with Crippen molar-refractivity contribution in [3.8, 4) is 0 Å². The number of hydrogen-bond acceptors (Lipinski definition) is 0. The van der Waals surface area contributed by atoms with Gasteiger partial charge in [-0.1, -0.05) is 0 Å². The Morgan fingerprint density at radius 3 is 2.22 bits per heavy atom. The summed E-state index contributed by atoms with van der Waals surface area (Å²) < 4.78 is 1.68. The van der Waals surface area contributed by atoms with Crippen LogP contribution in [0.15, 0.2) is 21.8 Å². The molecule has 0 spiro atoms. The Morgan fingerprint density at radius 1 is 1.33 bits per heavy atom. The fourth-order valence-corrected chi connectivity index (χ4v) is 4.86. The zero-order valence-corrected chi connectivity index (χ0v) is 9.29. The standard InChI is InChI=1S/C5H5.3CH3.Sn/c1-2-4-5-3-1;;;;/h1-2,5H,3H2;3*1H3;. The molecule has 0 aromatic rings. The third kappa shape index (κ3) is 1.85. The summed E-state index contributed by atoms with van der Waals surface area (Å²) in [6.07, 6.45) is 8.15. The Balaban J connectivity index is 2.73. The summed E-state index contributed by atoms with van der Waals surface area (Å²) in [6.45, 7) is 0. The minimum absolute atomic E-state index is 1.18. The van der Waals surface area contributed by atoms with Crippen molar-refractivity contribution in [2.45, 2.75) is 21.2 Å². The Bertz CT molecular complexity index is 158. The second kappa shape index (κ2) is 2.49. The molecule has 1 rings (SSSR count). The molecular formula is C8H14Sn. The van der Waals surface area contributed by atoms with E-state index in [1.807, 2.05) is 0 Å². The number of hydrogen-bond donors (Lipinski definition) is 0. The molecule has 0 amide bonds. The molecule has 0 atom stereocenters. The van der Waals surface area contributed by atoms with Gasteiger partial charge < -0.3 is 0 Å². The topological polar surface area (TPSA) is 0 Å². The maximum atomic E-state index is 2.45. The molecule has 0 aliphatic heterocycles. The van der Waals surface area contributed by atoms with Gasteiger partial charge in [0.2, 0.25) is 0 Å². The van der Waals surface area contributed by atoms with E-state index in [2.05, 4.69) is 33.0 Å². The van der Waals surface area contributed by atoms with Crippen LogP contribution in [0.3, 0.4) is 0 Å². The second-order valence-corrected chi connectivity index (χ2v) is 18.0. The van der Waals surface area contributed by atoms with Crippen LogP contribution in [0.5, 0.6) is 0 Å². The predicted octanol–water partition coefficient (Wildman–Crippen LogP) is 2.75. The van der Waals surface area contributed by atoms with Crippen LogP contribution in [0.1, 0.15) is 6.42 Å². The molecule has 0 nitrogen and oxygen atoms in total. The second-order valence-electron chi connectivity index (χ2n) is 3.55. The van der Waals surface area contributed by atoms with Crippen LogP contribution in [-0.2, 0) is 0 Å². The number of allylic oxidation sites excluding steroid dienone is 4. The average Bonchev–Trinajstić information content (AvgIpc) is 2.08. The third-order valence-electron chi connectivity index (χ3n) is 1.64. The van der Waals surface area contributed by atoms with Gasteiger partial charge in [-0.15, -0.1) is 0 Å². The van der Waals surface area contributed by atoms with Gasteiger partial charge >= 0.3 is 61.4 Å². The molecule has 50 valence electrons. The molecule has 0 bridgehead atoms. The Labute approximate surface area is 61.5 Å². The summed E-state index contributed by atoms with van der Waals surface area (Å²) in [5, 5.41) is 0. The zero-order valence-electron chi connectivity index (χ0n) is 6.44. The molecule has 0 aromatic heterocycles. The van der Waals surface area contributed by atoms with E-state index in [0.717, 1.165) is 0 Å². The van der Waals surface area contributed by atoms with E-state index in [-0.39, 0.29) is 0 Å². The predicted molar refractivity (Wildman–Crippen MR) is 45.2 cm³/mol. The molecule has 1 aliphatic carbocycles. The molecule has 0 radical (unpaired) electrons. The van der Waals surface area contributed by atoms with Gasteiger partial charge in [0.1, 0.15) is 0 Å². The zero-order chi connectivity index (χ0) is 6.91. The molecule has 0 heterocycles. The minimum atomic E-state index is -1.62. The van der Waals surface area contributed by atoms with E-state index in [4.69, 9.17) is 0 Å². The Morgan fingerprint density at radius 2 is 2.00 bits per heavy atom. The van der Waals surface area contributed by atoms with Crippen LogP contribution in [0.4, 0.5) is 0 Å². The SMILES string of the molecule is [CH3][Sn]([CH3])([CH3])[C]1=CCC=C1. The van der Waals surface area contributed by atoms with Crippen molar-refractivity contribution >= 4 is 18.4 Å². The molecule has 0 fully saturated rings. The van der Waals surface area contributed by atoms with Crippen molar-refractivity contribution in [1.29, 1.82) is 0 Å². The third-order valence-corrected chi connectivity index (χ3v) is 7.64. The van der Waals surface area contributed by atoms with E-state index >= 15 is 0 Å². The van der Waals surface area contributed by atoms with Crippen LogP contribution >= 0.6 is 0 Å². The van der Waals surface area contributed by atoms with Crippen molar-refractivity contribution in [2.75, 3.05) is 0 Å². The summed E-state index contributed by atoms with van der Waals surface area (Å²) in [5.74, 6) is 0. The molecule has 0 N–H and O–H groups in total. The van der Waals surface area contributed by atoms with Crippen LogP contribution in [0, 0.1) is 0 Å². The van der Waals surface area contributed by atoms with Gasteiger partial charge in [-0.05, 0) is 0 Å². The normalized spacial score (nSPS) is 18.3. The molecule has 1 aliphatic rings. The molecular weight excluding hydrogens is 215 g/mol. The number of rotatable bonds is 1. The van der Waals surface area contributed by atoms with Gasteiger partial charge in [0, 0.05) is 0 Å². The Hall–Kier alpha value is 0.279. The van der Waals surface area contributed by atoms with Gasteiger partial charge in [0.25, 0.3) is 0 Å². The summed E-state index contributed by atoms with van der Waals surface area (Å²) in [6, 6.07) is 0. The molecule has 0 saturated carbocycles. The van der Waals surface area contributed by atoms with Crippen molar-refractivity contribution in [1.82, 2.24) is 0 Å². The molecule has 9 heavy (non-hydrogen) atoms. The van der Waals surface area contributed by atoms with E-state index in [1.165, 1.54) is 6.42 Å². The molecule has 0 aromatic carbocycles. The van der Waals surface area contributed by atoms with E-state index < -0.39 is 18.4 Å². The van der Waals surface area contributed by atoms with Gasteiger partial charge in [0.15, 0.2) is 0 Å². The molecule has 0 saturated heterocycles. The van der Waals surface area contributed by atoms with Crippen LogP contribution in [0.25, 0.3) is 0 Å². The Kier molecular flexibility index (Phi) is 2.04. The van der Waals surface area contributed by atoms with E-state index in [0.29, 0.717) is 0 Å². The summed E-state index contributed by atoms with van der Waals surface area (Å²) in [4.78, 5) is 7.36. The first-order valence-corrected chi connectivity index (χ1v) is 13.5. The maximum absolute atomic E-state index is 2.45. The van der Waals surface area contributed by atoms with Crippen LogP contribution in [0.2, 0.25) is 14.8 Å². The monoisotopic (exact) mass is 230 g/mol. The first-order chi connectivity index (χ1) is 4.11. The quantitative estimate of drug-likeness (QED) is 0.606. The summed E-state index contributed by atoms with van der Waals surface area (Å²) in [5.41, 5.74) is 0. The molecule has 1 heteroatoms. The van der Waals surface area contributed by atoms with Crippen LogP contribution < -0.4 is 0 Å². The molecule has 0 unspecified atom stereocenters. The van der Waals surface area contributed by atoms with Crippen LogP contribution in [-0.4, -0.2) is 18.4 Å². The fourth-order valence-electron chi connectivity index (χ4n) is 1.01.